The molecule has 5 heavy (non-hydrogen) atoms. The summed E-state index contributed by atoms with van der Waals surface area (Å²) in [5.41, 5.74) is 0. The Morgan fingerprint density at radius 2 is 2.40 bits per heavy atom. The van der Waals surface area contributed by atoms with Crippen molar-refractivity contribution in [2.75, 3.05) is 0 Å². The Balaban J connectivity index is 2.19. The van der Waals surface area contributed by atoms with Crippen molar-refractivity contribution in [2.24, 2.45) is 0 Å². The fourth-order valence-electron chi connectivity index (χ4n) is 0.0913. The van der Waals surface area contributed by atoms with Gasteiger partial charge in [-0.3, -0.25) is 0 Å². The Kier molecular flexibility index (Phi) is 5.36. The van der Waals surface area contributed by atoms with Crippen molar-refractivity contribution in [1.29, 1.82) is 0 Å². The quantitative estimate of drug-likeness (QED) is 0.517. The molecule has 2 heteroatoms. The van der Waals surface area contributed by atoms with Crippen LogP contribution in [0, 0.1) is 0 Å². The van der Waals surface area contributed by atoms with Gasteiger partial charge < -0.3 is 0 Å². The second-order valence-corrected chi connectivity index (χ2v) is 2.59. The van der Waals surface area contributed by atoms with Gasteiger partial charge in [0.15, 0.2) is 0 Å². The average Bonchev–Trinajstić information content (AvgIpc) is 1.41. The van der Waals surface area contributed by atoms with E-state index in [2.05, 4.69) is 0 Å². The number of hydrogen-bond donors (Lipinski definition) is 0. The maximum absolute atomic E-state index is 9.68. The summed E-state index contributed by atoms with van der Waals surface area (Å²) in [4.78, 5) is 0. The van der Waals surface area contributed by atoms with E-state index in [9.17, 15) is 3.61 Å². The Bertz CT molecular complexity index is 14.4. The van der Waals surface area contributed by atoms with E-state index in [0.717, 1.165) is 11.1 Å². The van der Waals surface area contributed by atoms with Crippen molar-refractivity contribution < 1.29 is 23.8 Å². The zero-order valence-corrected chi connectivity index (χ0v) is 5.47. The molecule has 0 rings (SSSR count). The van der Waals surface area contributed by atoms with Gasteiger partial charge in [0, 0.05) is 0 Å². The monoisotopic (exact) mass is 152 g/mol. The zero-order chi connectivity index (χ0) is 4.12. The van der Waals surface area contributed by atoms with Gasteiger partial charge in [0.2, 0.25) is 0 Å². The molecule has 0 bridgehead atoms. The van der Waals surface area contributed by atoms with Crippen LogP contribution in [-0.4, -0.2) is 0 Å². The van der Waals surface area contributed by atoms with Gasteiger partial charge in [-0.15, -0.1) is 0 Å². The van der Waals surface area contributed by atoms with Crippen molar-refractivity contribution in [3.8, 4) is 0 Å². The van der Waals surface area contributed by atoms with Gasteiger partial charge in [-0.25, -0.2) is 0 Å². The second-order valence-electron chi connectivity index (χ2n) is 0.853. The van der Waals surface area contributed by atoms with E-state index in [-0.39, 0.29) is 0 Å². The molecule has 0 N–H and O–H groups in total. The molecule has 1 nitrogen and oxygen atoms in total. The van der Waals surface area contributed by atoms with E-state index in [1.807, 2.05) is 6.92 Å². The summed E-state index contributed by atoms with van der Waals surface area (Å²) in [5, 5.41) is 0. The van der Waals surface area contributed by atoms with Gasteiger partial charge in [0.1, 0.15) is 0 Å². The van der Waals surface area contributed by atoms with Crippen molar-refractivity contribution in [3.05, 3.63) is 0 Å². The maximum atomic E-state index is 9.68. The Morgan fingerprint density at radius 1 is 1.80 bits per heavy atom. The molecule has 0 aromatic carbocycles. The van der Waals surface area contributed by atoms with Gasteiger partial charge in [-0.05, 0) is 0 Å². The third kappa shape index (κ3) is 4.70. The topological polar surface area (TPSA) is 23.1 Å². The van der Waals surface area contributed by atoms with Gasteiger partial charge in [-0.1, -0.05) is 0 Å². The minimum atomic E-state index is -0.910. The van der Waals surface area contributed by atoms with E-state index in [0.29, 0.717) is 0 Å². The predicted octanol–water partition coefficient (Wildman–Crippen LogP) is 0.172. The van der Waals surface area contributed by atoms with E-state index in [1.54, 1.807) is 0 Å². The summed E-state index contributed by atoms with van der Waals surface area (Å²) < 4.78 is 10.7. The molecule has 0 aromatic heterocycles. The number of hydrogen-bond acceptors (Lipinski definition) is 1. The van der Waals surface area contributed by atoms with Crippen molar-refractivity contribution in [2.45, 2.75) is 18.0 Å². The first-order valence-corrected chi connectivity index (χ1v) is 4.16. The van der Waals surface area contributed by atoms with E-state index in [4.69, 9.17) is 0 Å². The van der Waals surface area contributed by atoms with E-state index < -0.39 is 20.2 Å². The van der Waals surface area contributed by atoms with Crippen LogP contribution < -0.4 is 3.61 Å². The van der Waals surface area contributed by atoms with Crippen LogP contribution in [0.1, 0.15) is 13.3 Å². The molecule has 0 aliphatic rings. The molecule has 0 atom stereocenters. The minimum absolute atomic E-state index is 0.910. The molecule has 0 saturated heterocycles. The van der Waals surface area contributed by atoms with Crippen LogP contribution in [-0.2, 0) is 20.2 Å². The second kappa shape index (κ2) is 4.70. The molecule has 0 heterocycles. The van der Waals surface area contributed by atoms with Crippen LogP contribution in [0.3, 0.4) is 0 Å². The van der Waals surface area contributed by atoms with E-state index >= 15 is 0 Å². The fraction of sp³-hybridized carbons (Fsp3) is 1.00. The normalized spacial score (nSPS) is 7.60. The molecule has 0 aliphatic heterocycles. The molecular weight excluding hydrogens is 145 g/mol. The van der Waals surface area contributed by atoms with Gasteiger partial charge in [0.05, 0.1) is 0 Å². The molecular formula is C3H7NbO-. The summed E-state index contributed by atoms with van der Waals surface area (Å²) >= 11 is -0.910. The summed E-state index contributed by atoms with van der Waals surface area (Å²) in [6, 6.07) is 0. The zero-order valence-electron chi connectivity index (χ0n) is 3.27. The first-order chi connectivity index (χ1) is 2.41. The average molecular weight is 152 g/mol. The third-order valence-electron chi connectivity index (χ3n) is 0.315. The van der Waals surface area contributed by atoms with Crippen LogP contribution in [0.4, 0.5) is 0 Å². The van der Waals surface area contributed by atoms with Gasteiger partial charge in [0.25, 0.3) is 0 Å². The number of rotatable bonds is 2. The summed E-state index contributed by atoms with van der Waals surface area (Å²) in [5.74, 6) is 0. The standard InChI is InChI=1S/C3H7.Nb.O/c1-3-2;;/h1,3H2,2H3;;/q;;-1. The van der Waals surface area contributed by atoms with Crippen molar-refractivity contribution >= 4 is 0 Å². The van der Waals surface area contributed by atoms with Gasteiger partial charge in [-0.2, -0.15) is 0 Å². The molecule has 0 spiro atoms. The first-order valence-electron chi connectivity index (χ1n) is 1.71. The van der Waals surface area contributed by atoms with Crippen LogP contribution in [0.25, 0.3) is 0 Å². The molecule has 0 fully saturated rings. The molecule has 0 amide bonds. The Hall–Kier alpha value is 0.700. The Labute approximate surface area is 42.2 Å². The molecule has 0 saturated carbocycles. The van der Waals surface area contributed by atoms with E-state index in [1.165, 1.54) is 0 Å². The SMILES string of the molecule is CC[CH2][Nb][O-]. The molecule has 0 aromatic rings. The Morgan fingerprint density at radius 3 is 2.40 bits per heavy atom. The van der Waals surface area contributed by atoms with Crippen molar-refractivity contribution in [1.82, 2.24) is 0 Å². The third-order valence-corrected chi connectivity index (χ3v) is 1.86. The van der Waals surface area contributed by atoms with Crippen LogP contribution >= 0.6 is 0 Å². The van der Waals surface area contributed by atoms with Crippen LogP contribution in [0.2, 0.25) is 4.64 Å². The molecule has 0 unspecified atom stereocenters. The van der Waals surface area contributed by atoms with Crippen LogP contribution in [0.15, 0.2) is 0 Å². The molecule has 31 valence electrons. The molecule has 0 radical (unpaired) electrons. The van der Waals surface area contributed by atoms with Crippen LogP contribution in [0.5, 0.6) is 0 Å². The summed E-state index contributed by atoms with van der Waals surface area (Å²) in [7, 11) is 0. The fourth-order valence-corrected chi connectivity index (χ4v) is 0.540. The summed E-state index contributed by atoms with van der Waals surface area (Å²) in [6.07, 6.45) is 1.10. The molecule has 0 aliphatic carbocycles. The first kappa shape index (κ1) is 5.70. The summed E-state index contributed by atoms with van der Waals surface area (Å²) in [6.45, 7) is 2.05. The van der Waals surface area contributed by atoms with Gasteiger partial charge >= 0.3 is 41.7 Å². The van der Waals surface area contributed by atoms with Crippen molar-refractivity contribution in [3.63, 3.8) is 0 Å². The predicted molar refractivity (Wildman–Crippen MR) is 15.1 cm³/mol.